The molecule has 31 heavy (non-hydrogen) atoms. The zero-order valence-electron chi connectivity index (χ0n) is 18.1. The monoisotopic (exact) mass is 421 g/mol. The second-order valence-corrected chi connectivity index (χ2v) is 7.90. The number of amides is 2. The molecule has 0 spiro atoms. The number of carbonyl (C=O) groups excluding carboxylic acids is 2. The first-order valence-corrected chi connectivity index (χ1v) is 10.6. The van der Waals surface area contributed by atoms with Gasteiger partial charge in [0, 0.05) is 42.7 Å². The Balaban J connectivity index is 1.45. The molecule has 3 aromatic rings. The van der Waals surface area contributed by atoms with Crippen LogP contribution in [0.1, 0.15) is 36.5 Å². The van der Waals surface area contributed by atoms with E-state index in [2.05, 4.69) is 10.3 Å². The topological polar surface area (TPSA) is 84.7 Å². The van der Waals surface area contributed by atoms with Crippen LogP contribution in [0.15, 0.2) is 46.9 Å². The van der Waals surface area contributed by atoms with Gasteiger partial charge in [0.2, 0.25) is 11.8 Å². The molecule has 0 saturated heterocycles. The van der Waals surface area contributed by atoms with Gasteiger partial charge in [-0.3, -0.25) is 9.59 Å². The number of oxazole rings is 1. The van der Waals surface area contributed by atoms with Crippen LogP contribution < -0.4 is 10.1 Å². The van der Waals surface area contributed by atoms with Crippen LogP contribution in [-0.4, -0.2) is 48.4 Å². The van der Waals surface area contributed by atoms with Crippen molar-refractivity contribution in [2.24, 2.45) is 5.92 Å². The number of ether oxygens (including phenoxy) is 1. The maximum atomic E-state index is 13.0. The van der Waals surface area contributed by atoms with E-state index in [1.165, 1.54) is 0 Å². The van der Waals surface area contributed by atoms with Crippen LogP contribution >= 0.6 is 0 Å². The Morgan fingerprint density at radius 2 is 1.97 bits per heavy atom. The molecule has 0 radical (unpaired) electrons. The van der Waals surface area contributed by atoms with Crippen molar-refractivity contribution >= 4 is 22.9 Å². The Morgan fingerprint density at radius 3 is 2.68 bits per heavy atom. The average molecular weight is 421 g/mol. The third kappa shape index (κ3) is 4.26. The predicted molar refractivity (Wildman–Crippen MR) is 118 cm³/mol. The summed E-state index contributed by atoms with van der Waals surface area (Å²) < 4.78 is 11.1. The molecule has 0 unspecified atom stereocenters. The van der Waals surface area contributed by atoms with Crippen LogP contribution in [0.3, 0.4) is 0 Å². The molecule has 1 saturated carbocycles. The number of methoxy groups -OCH3 is 1. The Hall–Kier alpha value is -3.35. The van der Waals surface area contributed by atoms with Crippen molar-refractivity contribution in [2.75, 3.05) is 20.7 Å². The number of rotatable bonds is 6. The van der Waals surface area contributed by atoms with E-state index in [1.54, 1.807) is 24.1 Å². The fourth-order valence-electron chi connectivity index (χ4n) is 4.15. The highest BCUT2D eigenvalue weighted by Crippen LogP contribution is 2.30. The van der Waals surface area contributed by atoms with Crippen molar-refractivity contribution in [3.63, 3.8) is 0 Å². The van der Waals surface area contributed by atoms with Crippen molar-refractivity contribution in [1.82, 2.24) is 15.2 Å². The Labute approximate surface area is 181 Å². The van der Waals surface area contributed by atoms with Crippen LogP contribution in [0.4, 0.5) is 0 Å². The lowest BCUT2D eigenvalue weighted by atomic mass is 10.1. The summed E-state index contributed by atoms with van der Waals surface area (Å²) in [7, 11) is 3.43. The van der Waals surface area contributed by atoms with E-state index >= 15 is 0 Å². The molecule has 1 aliphatic carbocycles. The third-order valence-corrected chi connectivity index (χ3v) is 5.97. The minimum Gasteiger partial charge on any atom is -0.497 e. The van der Waals surface area contributed by atoms with Gasteiger partial charge in [-0.05, 0) is 62.6 Å². The number of benzene rings is 2. The molecular formula is C24H27N3O4. The summed E-state index contributed by atoms with van der Waals surface area (Å²) in [5, 5.41) is 2.88. The van der Waals surface area contributed by atoms with Crippen molar-refractivity contribution < 1.29 is 18.7 Å². The number of carbonyl (C=O) groups is 2. The van der Waals surface area contributed by atoms with E-state index in [9.17, 15) is 9.59 Å². The molecule has 2 amide bonds. The number of hydrogen-bond donors (Lipinski definition) is 1. The number of hydrogen-bond acceptors (Lipinski definition) is 5. The van der Waals surface area contributed by atoms with Crippen molar-refractivity contribution in [3.05, 3.63) is 48.0 Å². The fraction of sp³-hybridized carbons (Fsp3) is 0.375. The molecule has 1 aliphatic rings. The van der Waals surface area contributed by atoms with Gasteiger partial charge in [0.05, 0.1) is 7.11 Å². The summed E-state index contributed by atoms with van der Waals surface area (Å²) in [6.07, 6.45) is 2.36. The molecular weight excluding hydrogens is 394 g/mol. The van der Waals surface area contributed by atoms with Gasteiger partial charge in [-0.25, -0.2) is 4.98 Å². The Morgan fingerprint density at radius 1 is 1.19 bits per heavy atom. The lowest BCUT2D eigenvalue weighted by molar-refractivity contribution is -0.124. The molecule has 7 nitrogen and oxygen atoms in total. The van der Waals surface area contributed by atoms with Gasteiger partial charge in [0.15, 0.2) is 5.58 Å². The van der Waals surface area contributed by atoms with E-state index in [-0.39, 0.29) is 23.8 Å². The lowest BCUT2D eigenvalue weighted by Crippen LogP contribution is -2.36. The number of aromatic nitrogens is 1. The van der Waals surface area contributed by atoms with Crippen molar-refractivity contribution in [3.8, 4) is 17.2 Å². The van der Waals surface area contributed by atoms with Crippen LogP contribution in [-0.2, 0) is 4.79 Å². The Bertz CT molecular complexity index is 1090. The normalized spacial score (nSPS) is 18.2. The predicted octanol–water partition coefficient (Wildman–Crippen LogP) is 3.88. The van der Waals surface area contributed by atoms with Gasteiger partial charge >= 0.3 is 0 Å². The van der Waals surface area contributed by atoms with Gasteiger partial charge in [-0.1, -0.05) is 0 Å². The van der Waals surface area contributed by atoms with E-state index in [0.717, 1.165) is 29.7 Å². The molecule has 1 aromatic heterocycles. The number of nitrogens with zero attached hydrogens (tertiary/aromatic N) is 2. The maximum absolute atomic E-state index is 13.0. The summed E-state index contributed by atoms with van der Waals surface area (Å²) in [4.78, 5) is 31.3. The van der Waals surface area contributed by atoms with Gasteiger partial charge in [0.1, 0.15) is 11.3 Å². The van der Waals surface area contributed by atoms with E-state index in [4.69, 9.17) is 9.15 Å². The van der Waals surface area contributed by atoms with E-state index in [1.807, 2.05) is 44.3 Å². The molecule has 0 bridgehead atoms. The van der Waals surface area contributed by atoms with E-state index < -0.39 is 0 Å². The molecule has 4 rings (SSSR count). The van der Waals surface area contributed by atoms with Crippen LogP contribution in [0, 0.1) is 5.92 Å². The quantitative estimate of drug-likeness (QED) is 0.653. The molecule has 2 aromatic carbocycles. The average Bonchev–Trinajstić information content (AvgIpc) is 3.45. The standard InChI is InChI=1S/C24H27N3O4/c1-4-25-22(28)17-9-10-18(13-17)27(2)24(29)16-7-5-15(6-8-16)23-26-20-14-19(30-3)11-12-21(20)31-23/h5-8,11-12,14,17-18H,4,9-10,13H2,1-3H3,(H,25,28)/t17-,18+/m0/s1. The largest absolute Gasteiger partial charge is 0.497 e. The van der Waals surface area contributed by atoms with Gasteiger partial charge < -0.3 is 19.4 Å². The summed E-state index contributed by atoms with van der Waals surface area (Å²) in [5.74, 6) is 1.25. The number of fused-ring (bicyclic) bond motifs is 1. The smallest absolute Gasteiger partial charge is 0.253 e. The molecule has 0 aliphatic heterocycles. The minimum absolute atomic E-state index is 0.0136. The van der Waals surface area contributed by atoms with Gasteiger partial charge in [-0.2, -0.15) is 0 Å². The first-order chi connectivity index (χ1) is 15.0. The maximum Gasteiger partial charge on any atom is 0.253 e. The zero-order valence-corrected chi connectivity index (χ0v) is 18.1. The first kappa shape index (κ1) is 20.9. The van der Waals surface area contributed by atoms with Crippen LogP contribution in [0.2, 0.25) is 0 Å². The molecule has 1 N–H and O–H groups in total. The molecule has 7 heteroatoms. The summed E-state index contributed by atoms with van der Waals surface area (Å²) in [6.45, 7) is 2.55. The van der Waals surface area contributed by atoms with Gasteiger partial charge in [-0.15, -0.1) is 0 Å². The Kier molecular flexibility index (Phi) is 5.93. The summed E-state index contributed by atoms with van der Waals surface area (Å²) >= 11 is 0. The van der Waals surface area contributed by atoms with Crippen molar-refractivity contribution in [2.45, 2.75) is 32.2 Å². The minimum atomic E-state index is -0.0459. The number of nitrogens with one attached hydrogen (secondary N) is 1. The highest BCUT2D eigenvalue weighted by molar-refractivity contribution is 5.95. The van der Waals surface area contributed by atoms with Crippen molar-refractivity contribution in [1.29, 1.82) is 0 Å². The molecule has 162 valence electrons. The first-order valence-electron chi connectivity index (χ1n) is 10.6. The summed E-state index contributed by atoms with van der Waals surface area (Å²) in [5.41, 5.74) is 2.80. The zero-order chi connectivity index (χ0) is 22.0. The highest BCUT2D eigenvalue weighted by atomic mass is 16.5. The van der Waals surface area contributed by atoms with E-state index in [0.29, 0.717) is 30.0 Å². The molecule has 2 atom stereocenters. The fourth-order valence-corrected chi connectivity index (χ4v) is 4.15. The summed E-state index contributed by atoms with van der Waals surface area (Å²) in [6, 6.07) is 12.8. The lowest BCUT2D eigenvalue weighted by Gasteiger charge is -2.25. The van der Waals surface area contributed by atoms with Crippen LogP contribution in [0.5, 0.6) is 5.75 Å². The SMILES string of the molecule is CCNC(=O)[C@H]1CC[C@@H](N(C)C(=O)c2ccc(-c3nc4cc(OC)ccc4o3)cc2)C1. The molecule has 1 heterocycles. The highest BCUT2D eigenvalue weighted by Gasteiger charge is 2.33. The third-order valence-electron chi connectivity index (χ3n) is 5.97. The molecule has 1 fully saturated rings. The second kappa shape index (κ2) is 8.79. The second-order valence-electron chi connectivity index (χ2n) is 7.90. The van der Waals surface area contributed by atoms with Gasteiger partial charge in [0.25, 0.3) is 5.91 Å². The van der Waals surface area contributed by atoms with Crippen LogP contribution in [0.25, 0.3) is 22.6 Å².